The van der Waals surface area contributed by atoms with Gasteiger partial charge in [0, 0.05) is 20.2 Å². The van der Waals surface area contributed by atoms with Gasteiger partial charge < -0.3 is 4.74 Å². The molecule has 134 valence electrons. The van der Waals surface area contributed by atoms with Crippen LogP contribution < -0.4 is 0 Å². The highest BCUT2D eigenvalue weighted by Gasteiger charge is 2.33. The summed E-state index contributed by atoms with van der Waals surface area (Å²) in [6.07, 6.45) is 1.63. The highest BCUT2D eigenvalue weighted by atomic mass is 32.2. The molecule has 2 aromatic carbocycles. The van der Waals surface area contributed by atoms with E-state index in [0.717, 1.165) is 24.0 Å². The normalized spacial score (nSPS) is 18.2. The Morgan fingerprint density at radius 2 is 1.60 bits per heavy atom. The van der Waals surface area contributed by atoms with E-state index in [1.807, 2.05) is 37.3 Å². The second-order valence-electron chi connectivity index (χ2n) is 6.62. The van der Waals surface area contributed by atoms with Crippen molar-refractivity contribution in [3.63, 3.8) is 0 Å². The van der Waals surface area contributed by atoms with Gasteiger partial charge >= 0.3 is 0 Å². The maximum Gasteiger partial charge on any atom is 0.243 e. The molecule has 0 N–H and O–H groups in total. The zero-order chi connectivity index (χ0) is 17.9. The molecule has 0 saturated carbocycles. The number of hydrogen-bond acceptors (Lipinski definition) is 3. The number of methoxy groups -OCH3 is 1. The Hall–Kier alpha value is -1.69. The van der Waals surface area contributed by atoms with Gasteiger partial charge in [0.25, 0.3) is 0 Å². The first kappa shape index (κ1) is 18.1. The molecule has 25 heavy (non-hydrogen) atoms. The van der Waals surface area contributed by atoms with Crippen LogP contribution in [0.5, 0.6) is 0 Å². The first-order valence-corrected chi connectivity index (χ1v) is 10.1. The summed E-state index contributed by atoms with van der Waals surface area (Å²) in [5.74, 6) is 0.330. The standard InChI is InChI=1S/C20H25NO3S/c1-16-8-10-19(11-9-16)25(22,23)21-14-12-18(13-15-21)20(24-2)17-6-4-3-5-7-17/h3-11,18,20H,12-15H2,1-2H3/t20-/m1/s1. The third-order valence-corrected chi connectivity index (χ3v) is 6.88. The van der Waals surface area contributed by atoms with Gasteiger partial charge in [-0.3, -0.25) is 0 Å². The molecule has 0 radical (unpaired) electrons. The number of ether oxygens (including phenoxy) is 1. The zero-order valence-electron chi connectivity index (χ0n) is 14.8. The molecule has 3 rings (SSSR count). The molecule has 0 bridgehead atoms. The van der Waals surface area contributed by atoms with Crippen LogP contribution in [0.1, 0.15) is 30.1 Å². The first-order valence-electron chi connectivity index (χ1n) is 8.67. The number of hydrogen-bond donors (Lipinski definition) is 0. The second-order valence-corrected chi connectivity index (χ2v) is 8.56. The maximum atomic E-state index is 12.8. The molecule has 5 heteroatoms. The quantitative estimate of drug-likeness (QED) is 0.816. The van der Waals surface area contributed by atoms with Crippen LogP contribution in [0.2, 0.25) is 0 Å². The summed E-state index contributed by atoms with van der Waals surface area (Å²) in [7, 11) is -1.68. The largest absolute Gasteiger partial charge is 0.376 e. The Morgan fingerprint density at radius 3 is 2.16 bits per heavy atom. The van der Waals surface area contributed by atoms with E-state index in [-0.39, 0.29) is 6.10 Å². The average Bonchev–Trinajstić information content (AvgIpc) is 2.64. The van der Waals surface area contributed by atoms with Crippen molar-refractivity contribution in [2.45, 2.75) is 30.8 Å². The summed E-state index contributed by atoms with van der Waals surface area (Å²) in [6.45, 7) is 3.03. The lowest BCUT2D eigenvalue weighted by molar-refractivity contribution is 0.0303. The van der Waals surface area contributed by atoms with Gasteiger partial charge in [-0.1, -0.05) is 48.0 Å². The van der Waals surface area contributed by atoms with Gasteiger partial charge in [0.2, 0.25) is 10.0 Å². The molecule has 1 fully saturated rings. The third kappa shape index (κ3) is 3.94. The van der Waals surface area contributed by atoms with E-state index in [1.54, 1.807) is 23.5 Å². The Morgan fingerprint density at radius 1 is 1.00 bits per heavy atom. The Labute approximate surface area is 150 Å². The molecule has 0 amide bonds. The van der Waals surface area contributed by atoms with Crippen molar-refractivity contribution in [3.8, 4) is 0 Å². The van der Waals surface area contributed by atoms with Crippen LogP contribution >= 0.6 is 0 Å². The number of piperidine rings is 1. The number of nitrogens with zero attached hydrogens (tertiary/aromatic N) is 1. The van der Waals surface area contributed by atoms with Crippen LogP contribution in [0, 0.1) is 12.8 Å². The predicted octanol–water partition coefficient (Wildman–Crippen LogP) is 3.78. The van der Waals surface area contributed by atoms with E-state index in [1.165, 1.54) is 0 Å². The Bertz CT molecular complexity index is 779. The smallest absolute Gasteiger partial charge is 0.243 e. The SMILES string of the molecule is CO[C@H](c1ccccc1)C1CCN(S(=O)(=O)c2ccc(C)cc2)CC1. The summed E-state index contributed by atoms with van der Waals surface area (Å²) >= 11 is 0. The minimum atomic E-state index is -3.41. The van der Waals surface area contributed by atoms with Gasteiger partial charge in [0.1, 0.15) is 0 Å². The van der Waals surface area contributed by atoms with E-state index in [9.17, 15) is 8.42 Å². The van der Waals surface area contributed by atoms with Crippen molar-refractivity contribution in [2.75, 3.05) is 20.2 Å². The summed E-state index contributed by atoms with van der Waals surface area (Å²) in [4.78, 5) is 0.378. The molecule has 0 spiro atoms. The molecule has 2 aromatic rings. The molecule has 0 aromatic heterocycles. The Kier molecular flexibility index (Phi) is 5.57. The van der Waals surface area contributed by atoms with Gasteiger partial charge in [-0.05, 0) is 43.4 Å². The molecule has 4 nitrogen and oxygen atoms in total. The van der Waals surface area contributed by atoms with Crippen molar-refractivity contribution >= 4 is 10.0 Å². The average molecular weight is 359 g/mol. The van der Waals surface area contributed by atoms with Gasteiger partial charge in [0.05, 0.1) is 11.0 Å². The van der Waals surface area contributed by atoms with E-state index in [0.29, 0.717) is 23.9 Å². The summed E-state index contributed by atoms with van der Waals surface area (Å²) in [5.41, 5.74) is 2.22. The molecular formula is C20H25NO3S. The lowest BCUT2D eigenvalue weighted by Crippen LogP contribution is -2.39. The molecule has 1 aliphatic rings. The van der Waals surface area contributed by atoms with Crippen LogP contribution in [0.4, 0.5) is 0 Å². The minimum Gasteiger partial charge on any atom is -0.376 e. The van der Waals surface area contributed by atoms with Crippen molar-refractivity contribution in [3.05, 3.63) is 65.7 Å². The molecule has 1 atom stereocenters. The molecular weight excluding hydrogens is 334 g/mol. The fourth-order valence-electron chi connectivity index (χ4n) is 3.52. The van der Waals surface area contributed by atoms with E-state index in [4.69, 9.17) is 4.74 Å². The maximum absolute atomic E-state index is 12.8. The Balaban J connectivity index is 1.70. The van der Waals surface area contributed by atoms with Gasteiger partial charge in [0.15, 0.2) is 0 Å². The third-order valence-electron chi connectivity index (χ3n) is 4.97. The summed E-state index contributed by atoms with van der Waals surface area (Å²) in [5, 5.41) is 0. The lowest BCUT2D eigenvalue weighted by Gasteiger charge is -2.35. The van der Waals surface area contributed by atoms with Gasteiger partial charge in [-0.15, -0.1) is 0 Å². The lowest BCUT2D eigenvalue weighted by atomic mass is 9.88. The molecule has 0 unspecified atom stereocenters. The predicted molar refractivity (Wildman–Crippen MR) is 98.9 cm³/mol. The van der Waals surface area contributed by atoms with Crippen LogP contribution in [-0.4, -0.2) is 32.9 Å². The van der Waals surface area contributed by atoms with Crippen LogP contribution in [0.3, 0.4) is 0 Å². The van der Waals surface area contributed by atoms with Crippen LogP contribution in [0.15, 0.2) is 59.5 Å². The first-order chi connectivity index (χ1) is 12.0. The summed E-state index contributed by atoms with van der Waals surface area (Å²) < 4.78 is 32.9. The fraction of sp³-hybridized carbons (Fsp3) is 0.400. The topological polar surface area (TPSA) is 46.6 Å². The highest BCUT2D eigenvalue weighted by molar-refractivity contribution is 7.89. The molecule has 0 aliphatic carbocycles. The second kappa shape index (κ2) is 7.68. The van der Waals surface area contributed by atoms with E-state index in [2.05, 4.69) is 12.1 Å². The molecule has 1 heterocycles. The van der Waals surface area contributed by atoms with Crippen molar-refractivity contribution in [1.82, 2.24) is 4.31 Å². The summed E-state index contributed by atoms with van der Waals surface area (Å²) in [6, 6.07) is 17.2. The van der Waals surface area contributed by atoms with Crippen molar-refractivity contribution in [2.24, 2.45) is 5.92 Å². The van der Waals surface area contributed by atoms with Crippen molar-refractivity contribution < 1.29 is 13.2 Å². The number of rotatable bonds is 5. The zero-order valence-corrected chi connectivity index (χ0v) is 15.6. The van der Waals surface area contributed by atoms with Crippen LogP contribution in [-0.2, 0) is 14.8 Å². The minimum absolute atomic E-state index is 0.0189. The number of sulfonamides is 1. The monoisotopic (exact) mass is 359 g/mol. The van der Waals surface area contributed by atoms with Crippen LogP contribution in [0.25, 0.3) is 0 Å². The van der Waals surface area contributed by atoms with E-state index >= 15 is 0 Å². The van der Waals surface area contributed by atoms with Gasteiger partial charge in [-0.25, -0.2) is 8.42 Å². The van der Waals surface area contributed by atoms with Crippen molar-refractivity contribution in [1.29, 1.82) is 0 Å². The number of benzene rings is 2. The highest BCUT2D eigenvalue weighted by Crippen LogP contribution is 2.34. The van der Waals surface area contributed by atoms with E-state index < -0.39 is 10.0 Å². The molecule has 1 aliphatic heterocycles. The number of aryl methyl sites for hydroxylation is 1. The van der Waals surface area contributed by atoms with Gasteiger partial charge in [-0.2, -0.15) is 4.31 Å². The fourth-order valence-corrected chi connectivity index (χ4v) is 4.99. The molecule has 1 saturated heterocycles.